The number of benzene rings is 2. The van der Waals surface area contributed by atoms with Crippen molar-refractivity contribution in [3.05, 3.63) is 53.3 Å². The van der Waals surface area contributed by atoms with Crippen molar-refractivity contribution in [1.82, 2.24) is 0 Å². The molecule has 22 heavy (non-hydrogen) atoms. The average Bonchev–Trinajstić information content (AvgIpc) is 2.53. The van der Waals surface area contributed by atoms with E-state index in [1.807, 2.05) is 0 Å². The number of aromatic carboxylic acids is 1. The number of carbonyl (C=O) groups excluding carboxylic acids is 1. The molecule has 0 aliphatic carbocycles. The van der Waals surface area contributed by atoms with Crippen molar-refractivity contribution in [3.8, 4) is 16.9 Å². The standard InChI is InChI=1S/C16H13FO5/c1-21-14-8-10(15(18)19)4-5-11(14)9-3-6-12(13(17)7-9)16(20)22-2/h3-8H,1-2H3,(H,18,19). The molecule has 2 aromatic carbocycles. The van der Waals surface area contributed by atoms with Gasteiger partial charge in [-0.25, -0.2) is 14.0 Å². The molecule has 5 nitrogen and oxygen atoms in total. The van der Waals surface area contributed by atoms with E-state index in [4.69, 9.17) is 9.84 Å². The van der Waals surface area contributed by atoms with Crippen LogP contribution in [-0.2, 0) is 4.74 Å². The highest BCUT2D eigenvalue weighted by Gasteiger charge is 2.15. The monoisotopic (exact) mass is 304 g/mol. The number of carboxylic acids is 1. The maximum absolute atomic E-state index is 14.0. The molecular formula is C16H13FO5. The van der Waals surface area contributed by atoms with Crippen LogP contribution in [0, 0.1) is 5.82 Å². The molecule has 0 amide bonds. The van der Waals surface area contributed by atoms with Crippen LogP contribution in [0.4, 0.5) is 4.39 Å². The van der Waals surface area contributed by atoms with Crippen molar-refractivity contribution in [2.45, 2.75) is 0 Å². The summed E-state index contributed by atoms with van der Waals surface area (Å²) in [5.41, 5.74) is 0.862. The predicted molar refractivity (Wildman–Crippen MR) is 76.7 cm³/mol. The SMILES string of the molecule is COC(=O)c1ccc(-c2ccc(C(=O)O)cc2OC)cc1F. The zero-order chi connectivity index (χ0) is 16.3. The van der Waals surface area contributed by atoms with E-state index in [1.165, 1.54) is 50.6 Å². The van der Waals surface area contributed by atoms with Gasteiger partial charge in [0.25, 0.3) is 0 Å². The quantitative estimate of drug-likeness (QED) is 0.879. The van der Waals surface area contributed by atoms with Gasteiger partial charge in [-0.1, -0.05) is 6.07 Å². The summed E-state index contributed by atoms with van der Waals surface area (Å²) in [6.45, 7) is 0. The maximum atomic E-state index is 14.0. The van der Waals surface area contributed by atoms with Crippen LogP contribution in [0.2, 0.25) is 0 Å². The van der Waals surface area contributed by atoms with E-state index >= 15 is 0 Å². The van der Waals surface area contributed by atoms with Gasteiger partial charge in [0.1, 0.15) is 11.6 Å². The van der Waals surface area contributed by atoms with Gasteiger partial charge in [-0.2, -0.15) is 0 Å². The summed E-state index contributed by atoms with van der Waals surface area (Å²) < 4.78 is 23.6. The molecule has 0 saturated heterocycles. The molecule has 0 atom stereocenters. The van der Waals surface area contributed by atoms with E-state index in [1.54, 1.807) is 0 Å². The Balaban J connectivity index is 2.50. The van der Waals surface area contributed by atoms with Gasteiger partial charge < -0.3 is 14.6 Å². The van der Waals surface area contributed by atoms with Crippen LogP contribution in [0.1, 0.15) is 20.7 Å². The Bertz CT molecular complexity index is 739. The third-order valence-corrected chi connectivity index (χ3v) is 3.13. The molecule has 2 aromatic rings. The number of halogens is 1. The van der Waals surface area contributed by atoms with Gasteiger partial charge in [0.05, 0.1) is 25.3 Å². The van der Waals surface area contributed by atoms with Crippen molar-refractivity contribution in [2.24, 2.45) is 0 Å². The highest BCUT2D eigenvalue weighted by molar-refractivity contribution is 5.91. The van der Waals surface area contributed by atoms with Gasteiger partial charge in [-0.05, 0) is 35.9 Å². The second kappa shape index (κ2) is 6.26. The first-order chi connectivity index (χ1) is 10.5. The zero-order valence-corrected chi connectivity index (χ0v) is 11.9. The lowest BCUT2D eigenvalue weighted by atomic mass is 10.0. The molecule has 114 valence electrons. The highest BCUT2D eigenvalue weighted by atomic mass is 19.1. The molecule has 1 N–H and O–H groups in total. The van der Waals surface area contributed by atoms with E-state index in [2.05, 4.69) is 4.74 Å². The Morgan fingerprint density at radius 2 is 1.82 bits per heavy atom. The summed E-state index contributed by atoms with van der Waals surface area (Å²) in [6.07, 6.45) is 0. The zero-order valence-electron chi connectivity index (χ0n) is 11.9. The van der Waals surface area contributed by atoms with Gasteiger partial charge >= 0.3 is 11.9 Å². The molecule has 0 unspecified atom stereocenters. The predicted octanol–water partition coefficient (Wildman–Crippen LogP) is 2.99. The minimum atomic E-state index is -1.09. The van der Waals surface area contributed by atoms with Gasteiger partial charge in [0.2, 0.25) is 0 Å². The summed E-state index contributed by atoms with van der Waals surface area (Å²) in [5.74, 6) is -2.28. The Labute approximate surface area is 125 Å². The molecule has 0 fully saturated rings. The summed E-state index contributed by atoms with van der Waals surface area (Å²) in [6, 6.07) is 8.28. The molecule has 2 rings (SSSR count). The topological polar surface area (TPSA) is 72.8 Å². The Morgan fingerprint density at radius 3 is 2.36 bits per heavy atom. The Kier molecular flexibility index (Phi) is 4.41. The smallest absolute Gasteiger partial charge is 0.340 e. The Morgan fingerprint density at radius 1 is 1.09 bits per heavy atom. The molecule has 0 heterocycles. The molecule has 0 aliphatic rings. The first kappa shape index (κ1) is 15.5. The Hall–Kier alpha value is -2.89. The van der Waals surface area contributed by atoms with Gasteiger partial charge in [-0.3, -0.25) is 0 Å². The van der Waals surface area contributed by atoms with Gasteiger partial charge in [-0.15, -0.1) is 0 Å². The van der Waals surface area contributed by atoms with Crippen molar-refractivity contribution in [1.29, 1.82) is 0 Å². The van der Waals surface area contributed by atoms with Crippen molar-refractivity contribution < 1.29 is 28.6 Å². The van der Waals surface area contributed by atoms with Crippen molar-refractivity contribution in [2.75, 3.05) is 14.2 Å². The van der Waals surface area contributed by atoms with Crippen LogP contribution in [0.25, 0.3) is 11.1 Å². The van der Waals surface area contributed by atoms with Crippen molar-refractivity contribution in [3.63, 3.8) is 0 Å². The van der Waals surface area contributed by atoms with E-state index < -0.39 is 17.8 Å². The second-order valence-electron chi connectivity index (χ2n) is 4.41. The van der Waals surface area contributed by atoms with Gasteiger partial charge in [0.15, 0.2) is 0 Å². The first-order valence-electron chi connectivity index (χ1n) is 6.27. The van der Waals surface area contributed by atoms with E-state index in [0.29, 0.717) is 16.9 Å². The molecule has 0 saturated carbocycles. The average molecular weight is 304 g/mol. The molecule has 0 aliphatic heterocycles. The summed E-state index contributed by atoms with van der Waals surface area (Å²) in [7, 11) is 2.56. The lowest BCUT2D eigenvalue weighted by molar-refractivity contribution is 0.0594. The first-order valence-corrected chi connectivity index (χ1v) is 6.27. The molecule has 0 bridgehead atoms. The van der Waals surface area contributed by atoms with Crippen LogP contribution >= 0.6 is 0 Å². The number of rotatable bonds is 4. The van der Waals surface area contributed by atoms with Crippen LogP contribution in [0.3, 0.4) is 0 Å². The minimum Gasteiger partial charge on any atom is -0.496 e. The third-order valence-electron chi connectivity index (χ3n) is 3.13. The molecule has 0 radical (unpaired) electrons. The fourth-order valence-electron chi connectivity index (χ4n) is 2.02. The number of carbonyl (C=O) groups is 2. The fourth-order valence-corrected chi connectivity index (χ4v) is 2.02. The van der Waals surface area contributed by atoms with E-state index in [0.717, 1.165) is 0 Å². The maximum Gasteiger partial charge on any atom is 0.340 e. The van der Waals surface area contributed by atoms with E-state index in [9.17, 15) is 14.0 Å². The fraction of sp³-hybridized carbons (Fsp3) is 0.125. The third kappa shape index (κ3) is 2.90. The number of carboxylic acid groups (broad SMARTS) is 1. The number of ether oxygens (including phenoxy) is 2. The largest absolute Gasteiger partial charge is 0.496 e. The lowest BCUT2D eigenvalue weighted by Crippen LogP contribution is -2.04. The van der Waals surface area contributed by atoms with Crippen molar-refractivity contribution >= 4 is 11.9 Å². The van der Waals surface area contributed by atoms with Crippen LogP contribution in [0.5, 0.6) is 5.75 Å². The van der Waals surface area contributed by atoms with Crippen LogP contribution in [0.15, 0.2) is 36.4 Å². The minimum absolute atomic E-state index is 0.0623. The highest BCUT2D eigenvalue weighted by Crippen LogP contribution is 2.32. The molecule has 0 spiro atoms. The number of esters is 1. The second-order valence-corrected chi connectivity index (χ2v) is 4.41. The molecule has 0 aromatic heterocycles. The number of hydrogen-bond donors (Lipinski definition) is 1. The lowest BCUT2D eigenvalue weighted by Gasteiger charge is -2.10. The summed E-state index contributed by atoms with van der Waals surface area (Å²) in [4.78, 5) is 22.3. The van der Waals surface area contributed by atoms with Crippen LogP contribution in [-0.4, -0.2) is 31.3 Å². The van der Waals surface area contributed by atoms with Gasteiger partial charge in [0, 0.05) is 5.56 Å². The summed E-state index contributed by atoms with van der Waals surface area (Å²) >= 11 is 0. The normalized spacial score (nSPS) is 10.1. The molecular weight excluding hydrogens is 291 g/mol. The number of methoxy groups -OCH3 is 2. The summed E-state index contributed by atoms with van der Waals surface area (Å²) in [5, 5.41) is 8.97. The van der Waals surface area contributed by atoms with Crippen LogP contribution < -0.4 is 4.74 Å². The van der Waals surface area contributed by atoms with E-state index in [-0.39, 0.29) is 11.1 Å². The molecule has 6 heteroatoms. The number of hydrogen-bond acceptors (Lipinski definition) is 4.